The molecular formula is C23H15ClN4O8. The average molecular weight is 511 g/mol. The second kappa shape index (κ2) is 10.5. The third-order valence-corrected chi connectivity index (χ3v) is 4.92. The third-order valence-electron chi connectivity index (χ3n) is 4.61. The lowest BCUT2D eigenvalue weighted by atomic mass is 10.2. The van der Waals surface area contributed by atoms with Crippen LogP contribution in [0.15, 0.2) is 77.5 Å². The van der Waals surface area contributed by atoms with Gasteiger partial charge in [0.05, 0.1) is 38.9 Å². The molecule has 1 amide bonds. The zero-order valence-corrected chi connectivity index (χ0v) is 18.9. The van der Waals surface area contributed by atoms with Gasteiger partial charge in [0, 0.05) is 24.4 Å². The lowest BCUT2D eigenvalue weighted by Crippen LogP contribution is -2.11. The fourth-order valence-corrected chi connectivity index (χ4v) is 3.17. The number of hydrogen-bond donors (Lipinski definition) is 1. The molecule has 2 heterocycles. The lowest BCUT2D eigenvalue weighted by molar-refractivity contribution is -0.385. The number of nitro benzene ring substituents is 2. The van der Waals surface area contributed by atoms with Gasteiger partial charge in [-0.1, -0.05) is 11.6 Å². The number of furan rings is 1. The largest absolute Gasteiger partial charge is 0.484 e. The Morgan fingerprint density at radius 2 is 1.81 bits per heavy atom. The maximum atomic E-state index is 12.7. The first-order valence-corrected chi connectivity index (χ1v) is 10.5. The summed E-state index contributed by atoms with van der Waals surface area (Å²) < 4.78 is 16.6. The van der Waals surface area contributed by atoms with E-state index in [-0.39, 0.29) is 51.7 Å². The molecule has 0 fully saturated rings. The topological polar surface area (TPSA) is 160 Å². The smallest absolute Gasteiger partial charge is 0.291 e. The number of hydrogen-bond acceptors (Lipinski definition) is 9. The Labute approximate surface area is 207 Å². The van der Waals surface area contributed by atoms with E-state index >= 15 is 0 Å². The van der Waals surface area contributed by atoms with Gasteiger partial charge in [0.15, 0.2) is 5.76 Å². The highest BCUT2D eigenvalue weighted by Gasteiger charge is 2.17. The van der Waals surface area contributed by atoms with Crippen LogP contribution in [0.25, 0.3) is 0 Å². The van der Waals surface area contributed by atoms with Gasteiger partial charge < -0.3 is 19.2 Å². The Bertz CT molecular complexity index is 1440. The molecule has 0 unspecified atom stereocenters. The number of ether oxygens (including phenoxy) is 2. The van der Waals surface area contributed by atoms with Crippen molar-refractivity contribution in [1.29, 1.82) is 0 Å². The molecule has 4 aromatic rings. The van der Waals surface area contributed by atoms with Crippen LogP contribution in [0.1, 0.15) is 16.3 Å². The molecule has 0 aliphatic rings. The van der Waals surface area contributed by atoms with Crippen molar-refractivity contribution in [2.45, 2.75) is 6.61 Å². The maximum absolute atomic E-state index is 12.7. The number of amides is 1. The monoisotopic (exact) mass is 510 g/mol. The molecule has 0 saturated carbocycles. The van der Waals surface area contributed by atoms with Gasteiger partial charge in [-0.15, -0.1) is 0 Å². The first-order valence-electron chi connectivity index (χ1n) is 10.1. The summed E-state index contributed by atoms with van der Waals surface area (Å²) in [6.45, 7) is -0.159. The minimum atomic E-state index is -0.678. The van der Waals surface area contributed by atoms with Crippen molar-refractivity contribution in [3.05, 3.63) is 110 Å². The minimum Gasteiger partial charge on any atom is -0.484 e. The molecule has 36 heavy (non-hydrogen) atoms. The zero-order chi connectivity index (χ0) is 25.7. The third kappa shape index (κ3) is 5.93. The molecule has 0 aliphatic carbocycles. The number of nitro groups is 2. The van der Waals surface area contributed by atoms with Crippen molar-refractivity contribution in [3.8, 4) is 17.2 Å². The maximum Gasteiger partial charge on any atom is 0.291 e. The molecule has 182 valence electrons. The summed E-state index contributed by atoms with van der Waals surface area (Å²) in [4.78, 5) is 37.6. The second-order valence-electron chi connectivity index (χ2n) is 7.14. The number of non-ortho nitro benzene ring substituents is 2. The molecule has 1 N–H and O–H groups in total. The van der Waals surface area contributed by atoms with Crippen LogP contribution in [0.3, 0.4) is 0 Å². The first-order chi connectivity index (χ1) is 17.3. The standard InChI is InChI=1S/C23H15ClN4O8/c24-20-5-3-15(27(30)31)11-22(20)34-13-18-4-6-21(36-18)23(29)26-14-8-16(28(32)33)10-19(9-14)35-17-2-1-7-25-12-17/h1-12H,13H2,(H,26,29). The van der Waals surface area contributed by atoms with E-state index in [1.165, 1.54) is 54.7 Å². The van der Waals surface area contributed by atoms with E-state index in [1.54, 1.807) is 18.3 Å². The fourth-order valence-electron chi connectivity index (χ4n) is 3.00. The van der Waals surface area contributed by atoms with E-state index in [1.807, 2.05) is 0 Å². The minimum absolute atomic E-state index is 0.0750. The van der Waals surface area contributed by atoms with Gasteiger partial charge in [-0.2, -0.15) is 0 Å². The number of nitrogens with one attached hydrogen (secondary N) is 1. The SMILES string of the molecule is O=C(Nc1cc(Oc2cccnc2)cc([N+](=O)[O-])c1)c1ccc(COc2cc([N+](=O)[O-])ccc2Cl)o1. The molecule has 0 saturated heterocycles. The fraction of sp³-hybridized carbons (Fsp3) is 0.0435. The molecule has 0 atom stereocenters. The second-order valence-corrected chi connectivity index (χ2v) is 7.55. The van der Waals surface area contributed by atoms with Gasteiger partial charge in [-0.25, -0.2) is 0 Å². The molecule has 12 nitrogen and oxygen atoms in total. The molecule has 2 aromatic carbocycles. The van der Waals surface area contributed by atoms with Crippen LogP contribution in [0, 0.1) is 20.2 Å². The van der Waals surface area contributed by atoms with E-state index < -0.39 is 15.8 Å². The zero-order valence-electron chi connectivity index (χ0n) is 18.1. The van der Waals surface area contributed by atoms with E-state index in [0.717, 1.165) is 0 Å². The van der Waals surface area contributed by atoms with Crippen molar-refractivity contribution in [3.63, 3.8) is 0 Å². The summed E-state index contributed by atoms with van der Waals surface area (Å²) in [5.74, 6) is 0.0143. The first kappa shape index (κ1) is 24.2. The van der Waals surface area contributed by atoms with Crippen LogP contribution in [0.5, 0.6) is 17.2 Å². The van der Waals surface area contributed by atoms with Crippen LogP contribution in [-0.2, 0) is 6.61 Å². The predicted molar refractivity (Wildman–Crippen MR) is 127 cm³/mol. The number of carbonyl (C=O) groups excluding carboxylic acids is 1. The number of carbonyl (C=O) groups is 1. The van der Waals surface area contributed by atoms with Crippen LogP contribution < -0.4 is 14.8 Å². The van der Waals surface area contributed by atoms with Crippen LogP contribution >= 0.6 is 11.6 Å². The van der Waals surface area contributed by atoms with E-state index in [4.69, 9.17) is 25.5 Å². The molecule has 0 bridgehead atoms. The van der Waals surface area contributed by atoms with Crippen LogP contribution in [0.4, 0.5) is 17.1 Å². The quantitative estimate of drug-likeness (QED) is 0.218. The van der Waals surface area contributed by atoms with E-state index in [9.17, 15) is 25.0 Å². The Hall–Kier alpha value is -4.97. The van der Waals surface area contributed by atoms with Crippen molar-refractivity contribution >= 4 is 34.6 Å². The highest BCUT2D eigenvalue weighted by Crippen LogP contribution is 2.31. The molecule has 0 spiro atoms. The van der Waals surface area contributed by atoms with Crippen molar-refractivity contribution in [1.82, 2.24) is 4.98 Å². The number of nitrogens with zero attached hydrogens (tertiary/aromatic N) is 3. The summed E-state index contributed by atoms with van der Waals surface area (Å²) >= 11 is 6.01. The normalized spacial score (nSPS) is 10.5. The van der Waals surface area contributed by atoms with E-state index in [2.05, 4.69) is 10.3 Å². The molecule has 4 rings (SSSR count). The summed E-state index contributed by atoms with van der Waals surface area (Å²) in [5, 5.41) is 25.0. The average Bonchev–Trinajstić information content (AvgIpc) is 3.33. The van der Waals surface area contributed by atoms with Gasteiger partial charge in [-0.05, 0) is 30.3 Å². The number of aromatic nitrogens is 1. The van der Waals surface area contributed by atoms with Gasteiger partial charge in [-0.3, -0.25) is 30.0 Å². The molecule has 0 radical (unpaired) electrons. The molecular weight excluding hydrogens is 496 g/mol. The highest BCUT2D eigenvalue weighted by atomic mass is 35.5. The predicted octanol–water partition coefficient (Wildman–Crippen LogP) is 5.77. The molecule has 2 aromatic heterocycles. The number of rotatable bonds is 9. The van der Waals surface area contributed by atoms with Gasteiger partial charge in [0.1, 0.15) is 29.6 Å². The summed E-state index contributed by atoms with van der Waals surface area (Å²) in [7, 11) is 0. The van der Waals surface area contributed by atoms with Crippen LogP contribution in [-0.4, -0.2) is 20.7 Å². The Morgan fingerprint density at radius 1 is 1.00 bits per heavy atom. The Kier molecular flexibility index (Phi) is 7.07. The van der Waals surface area contributed by atoms with Crippen molar-refractivity contribution < 1.29 is 28.5 Å². The number of benzene rings is 2. The van der Waals surface area contributed by atoms with Crippen LogP contribution in [0.2, 0.25) is 5.02 Å². The molecule has 0 aliphatic heterocycles. The Morgan fingerprint density at radius 3 is 2.53 bits per heavy atom. The molecule has 13 heteroatoms. The van der Waals surface area contributed by atoms with Gasteiger partial charge >= 0.3 is 0 Å². The van der Waals surface area contributed by atoms with Gasteiger partial charge in [0.2, 0.25) is 0 Å². The number of anilines is 1. The van der Waals surface area contributed by atoms with E-state index in [0.29, 0.717) is 5.75 Å². The summed E-state index contributed by atoms with van der Waals surface area (Å²) in [5.41, 5.74) is -0.391. The number of pyridine rings is 1. The highest BCUT2D eigenvalue weighted by molar-refractivity contribution is 6.32. The Balaban J connectivity index is 1.46. The van der Waals surface area contributed by atoms with Gasteiger partial charge in [0.25, 0.3) is 17.3 Å². The van der Waals surface area contributed by atoms with Crippen molar-refractivity contribution in [2.75, 3.05) is 5.32 Å². The number of halogens is 1. The van der Waals surface area contributed by atoms with Crippen molar-refractivity contribution in [2.24, 2.45) is 0 Å². The lowest BCUT2D eigenvalue weighted by Gasteiger charge is -2.09. The summed E-state index contributed by atoms with van der Waals surface area (Å²) in [6.07, 6.45) is 2.98. The summed E-state index contributed by atoms with van der Waals surface area (Å²) in [6, 6.07) is 13.7.